The van der Waals surface area contributed by atoms with E-state index in [1.54, 1.807) is 6.07 Å². The van der Waals surface area contributed by atoms with Gasteiger partial charge in [-0.25, -0.2) is 18.9 Å². The Labute approximate surface area is 156 Å². The van der Waals surface area contributed by atoms with Crippen molar-refractivity contribution in [1.29, 1.82) is 0 Å². The van der Waals surface area contributed by atoms with Crippen LogP contribution in [0.25, 0.3) is 0 Å². The van der Waals surface area contributed by atoms with Crippen LogP contribution in [0.5, 0.6) is 0 Å². The summed E-state index contributed by atoms with van der Waals surface area (Å²) in [7, 11) is 0. The Balaban J connectivity index is 0.000000279. The first-order valence-electron chi connectivity index (χ1n) is 8.40. The second-order valence-electron chi connectivity index (χ2n) is 6.73. The van der Waals surface area contributed by atoms with Gasteiger partial charge in [-0.15, -0.1) is 0 Å². The van der Waals surface area contributed by atoms with Gasteiger partial charge in [0.15, 0.2) is 0 Å². The highest BCUT2D eigenvalue weighted by atomic mass is 19.4. The third-order valence-electron chi connectivity index (χ3n) is 5.03. The predicted molar refractivity (Wildman–Crippen MR) is 86.0 cm³/mol. The molecule has 0 saturated carbocycles. The van der Waals surface area contributed by atoms with Gasteiger partial charge in [-0.2, -0.15) is 13.2 Å². The minimum Gasteiger partial charge on any atom is -0.475 e. The molecule has 0 radical (unpaired) electrons. The summed E-state index contributed by atoms with van der Waals surface area (Å²) >= 11 is 0. The molecule has 11 heteroatoms. The van der Waals surface area contributed by atoms with E-state index in [1.165, 1.54) is 18.2 Å². The fourth-order valence-corrected chi connectivity index (χ4v) is 3.73. The second kappa shape index (κ2) is 7.04. The smallest absolute Gasteiger partial charge is 0.475 e. The molecule has 0 aliphatic carbocycles. The molecule has 1 unspecified atom stereocenters. The summed E-state index contributed by atoms with van der Waals surface area (Å²) in [6.07, 6.45) is -4.06. The Morgan fingerprint density at radius 2 is 1.82 bits per heavy atom. The van der Waals surface area contributed by atoms with Crippen molar-refractivity contribution in [2.45, 2.75) is 24.6 Å². The molecule has 1 atom stereocenters. The Hall–Kier alpha value is -2.69. The molecule has 28 heavy (non-hydrogen) atoms. The van der Waals surface area contributed by atoms with E-state index in [-0.39, 0.29) is 17.5 Å². The van der Waals surface area contributed by atoms with E-state index in [9.17, 15) is 27.2 Å². The van der Waals surface area contributed by atoms with Crippen molar-refractivity contribution in [2.75, 3.05) is 24.5 Å². The summed E-state index contributed by atoms with van der Waals surface area (Å²) in [6, 6.07) is 5.48. The maximum absolute atomic E-state index is 13.4. The Morgan fingerprint density at radius 3 is 2.29 bits per heavy atom. The molecule has 1 spiro atoms. The number of aliphatic carboxylic acids is 1. The summed E-state index contributed by atoms with van der Waals surface area (Å²) in [5.74, 6) is -3.53. The van der Waals surface area contributed by atoms with Crippen LogP contribution in [0.3, 0.4) is 0 Å². The number of benzene rings is 1. The number of nitrogens with zero attached hydrogens (tertiary/aromatic N) is 2. The predicted octanol–water partition coefficient (Wildman–Crippen LogP) is 2.41. The summed E-state index contributed by atoms with van der Waals surface area (Å²) < 4.78 is 50.6. The lowest BCUT2D eigenvalue weighted by molar-refractivity contribution is -0.192. The molecule has 2 bridgehead atoms. The molecular weight excluding hydrogens is 388 g/mol. The molecule has 0 aromatic heterocycles. The normalized spacial score (nSPS) is 28.8. The zero-order valence-corrected chi connectivity index (χ0v) is 14.4. The van der Waals surface area contributed by atoms with Gasteiger partial charge >= 0.3 is 18.2 Å². The Bertz CT molecular complexity index is 807. The van der Waals surface area contributed by atoms with Crippen molar-refractivity contribution < 1.29 is 41.8 Å². The fraction of sp³-hybridized carbons (Fsp3) is 0.471. The van der Waals surface area contributed by atoms with E-state index < -0.39 is 29.7 Å². The quantitative estimate of drug-likeness (QED) is 0.724. The van der Waals surface area contributed by atoms with Gasteiger partial charge in [-0.05, 0) is 44.1 Å². The number of piperidine rings is 3. The van der Waals surface area contributed by atoms with Crippen molar-refractivity contribution in [3.63, 3.8) is 0 Å². The molecule has 4 aliphatic rings. The number of rotatable bonds is 1. The molecule has 4 saturated heterocycles. The fourth-order valence-electron chi connectivity index (χ4n) is 3.73. The van der Waals surface area contributed by atoms with Crippen LogP contribution in [0.4, 0.5) is 28.0 Å². The van der Waals surface area contributed by atoms with Crippen LogP contribution in [-0.2, 0) is 14.3 Å². The number of hydrogen-bond acceptors (Lipinski definition) is 5. The van der Waals surface area contributed by atoms with Crippen molar-refractivity contribution in [3.8, 4) is 0 Å². The standard InChI is InChI=1S/C15H15FN2O3.C2HF3O2/c16-11-2-1-3-12(8-11)18-13(19)15(21-14(18)20)9-17-6-4-10(15)5-7-17;3-2(4,5)1(6)7/h1-3,8,10H,4-7,9H2;(H,6,7). The van der Waals surface area contributed by atoms with E-state index in [0.717, 1.165) is 30.8 Å². The second-order valence-corrected chi connectivity index (χ2v) is 6.73. The Kier molecular flexibility index (Phi) is 5.04. The lowest BCUT2D eigenvalue weighted by Crippen LogP contribution is -2.63. The number of carbonyl (C=O) groups excluding carboxylic acids is 2. The maximum atomic E-state index is 13.4. The van der Waals surface area contributed by atoms with E-state index in [2.05, 4.69) is 4.90 Å². The third-order valence-corrected chi connectivity index (χ3v) is 5.03. The number of halogens is 4. The van der Waals surface area contributed by atoms with Gasteiger partial charge in [0.25, 0.3) is 5.91 Å². The van der Waals surface area contributed by atoms with Gasteiger partial charge in [-0.3, -0.25) is 9.69 Å². The minimum atomic E-state index is -5.08. The third kappa shape index (κ3) is 3.53. The number of anilines is 1. The van der Waals surface area contributed by atoms with E-state index in [4.69, 9.17) is 14.6 Å². The minimum absolute atomic E-state index is 0.0671. The summed E-state index contributed by atoms with van der Waals surface area (Å²) in [6.45, 7) is 2.34. The van der Waals surface area contributed by atoms with E-state index >= 15 is 0 Å². The molecule has 2 amide bonds. The highest BCUT2D eigenvalue weighted by Crippen LogP contribution is 2.44. The van der Waals surface area contributed by atoms with Gasteiger partial charge in [0.2, 0.25) is 5.60 Å². The molecule has 4 aliphatic heterocycles. The highest BCUT2D eigenvalue weighted by molar-refractivity contribution is 6.20. The number of ether oxygens (including phenoxy) is 1. The largest absolute Gasteiger partial charge is 0.490 e. The van der Waals surface area contributed by atoms with Crippen LogP contribution in [0.1, 0.15) is 12.8 Å². The number of alkyl halides is 3. The van der Waals surface area contributed by atoms with Gasteiger partial charge in [0.05, 0.1) is 5.69 Å². The number of fused-ring (bicyclic) bond motifs is 2. The number of hydrogen-bond donors (Lipinski definition) is 1. The van der Waals surface area contributed by atoms with Gasteiger partial charge < -0.3 is 9.84 Å². The first-order valence-corrected chi connectivity index (χ1v) is 8.40. The molecule has 4 heterocycles. The zero-order chi connectivity index (χ0) is 20.7. The Morgan fingerprint density at radius 1 is 1.21 bits per heavy atom. The molecule has 152 valence electrons. The number of amides is 2. The average Bonchev–Trinajstić information content (AvgIpc) is 2.85. The van der Waals surface area contributed by atoms with Gasteiger partial charge in [0.1, 0.15) is 5.82 Å². The van der Waals surface area contributed by atoms with E-state index in [1.807, 2.05) is 0 Å². The van der Waals surface area contributed by atoms with Crippen molar-refractivity contribution >= 4 is 23.7 Å². The molecule has 1 aromatic rings. The zero-order valence-electron chi connectivity index (χ0n) is 14.4. The molecule has 1 N–H and O–H groups in total. The van der Waals surface area contributed by atoms with Crippen molar-refractivity contribution in [3.05, 3.63) is 30.1 Å². The lowest BCUT2D eigenvalue weighted by atomic mass is 9.75. The van der Waals surface area contributed by atoms with E-state index in [0.29, 0.717) is 6.54 Å². The molecule has 4 fully saturated rings. The maximum Gasteiger partial charge on any atom is 0.490 e. The molecule has 5 rings (SSSR count). The SMILES string of the molecule is O=C(O)C(F)(F)F.O=C1OC2(CN3CCC2CC3)C(=O)N1c1cccc(F)c1. The summed E-state index contributed by atoms with van der Waals surface area (Å²) in [4.78, 5) is 37.0. The summed E-state index contributed by atoms with van der Waals surface area (Å²) in [5, 5.41) is 7.12. The van der Waals surface area contributed by atoms with Crippen LogP contribution < -0.4 is 4.90 Å². The van der Waals surface area contributed by atoms with Crippen molar-refractivity contribution in [1.82, 2.24) is 4.90 Å². The number of carboxylic acid groups (broad SMARTS) is 1. The van der Waals surface area contributed by atoms with Crippen LogP contribution in [0.2, 0.25) is 0 Å². The van der Waals surface area contributed by atoms with Crippen LogP contribution >= 0.6 is 0 Å². The molecule has 1 aromatic carbocycles. The molecular formula is C17H16F4N2O5. The monoisotopic (exact) mass is 404 g/mol. The number of imide groups is 1. The van der Waals surface area contributed by atoms with Crippen LogP contribution in [0, 0.1) is 11.7 Å². The summed E-state index contributed by atoms with van der Waals surface area (Å²) in [5.41, 5.74) is -0.835. The highest BCUT2D eigenvalue weighted by Gasteiger charge is 2.62. The lowest BCUT2D eigenvalue weighted by Gasteiger charge is -2.48. The molecule has 7 nitrogen and oxygen atoms in total. The number of carboxylic acids is 1. The topological polar surface area (TPSA) is 87.1 Å². The van der Waals surface area contributed by atoms with Gasteiger partial charge in [-0.1, -0.05) is 6.07 Å². The van der Waals surface area contributed by atoms with Gasteiger partial charge in [0, 0.05) is 12.5 Å². The number of carbonyl (C=O) groups is 3. The van der Waals surface area contributed by atoms with Crippen molar-refractivity contribution in [2.24, 2.45) is 5.92 Å². The average molecular weight is 404 g/mol. The first kappa shape index (κ1) is 20.1. The van der Waals surface area contributed by atoms with Crippen LogP contribution in [-0.4, -0.2) is 59.4 Å². The van der Waals surface area contributed by atoms with Crippen LogP contribution in [0.15, 0.2) is 24.3 Å². The first-order chi connectivity index (χ1) is 13.0.